The molecule has 34 heavy (non-hydrogen) atoms. The molecule has 3 aromatic rings. The molecule has 1 amide bonds. The summed E-state index contributed by atoms with van der Waals surface area (Å²) in [5.41, 5.74) is 2.27. The first kappa shape index (κ1) is 24.8. The lowest BCUT2D eigenvalue weighted by Crippen LogP contribution is -2.74. The van der Waals surface area contributed by atoms with Crippen LogP contribution in [0.2, 0.25) is 20.9 Å². The van der Waals surface area contributed by atoms with Crippen LogP contribution >= 0.6 is 11.6 Å². The maximum atomic E-state index is 14.4. The first-order valence-corrected chi connectivity index (χ1v) is 11.7. The van der Waals surface area contributed by atoms with E-state index in [-0.39, 0.29) is 16.3 Å². The van der Waals surface area contributed by atoms with Crippen LogP contribution in [0.25, 0.3) is 11.3 Å². The average molecular weight is 469 g/mol. The summed E-state index contributed by atoms with van der Waals surface area (Å²) in [6, 6.07) is 7.02. The number of H-pyrrole nitrogens is 1. The molecule has 1 N–H and O–H groups in total. The van der Waals surface area contributed by atoms with Crippen LogP contribution in [-0.4, -0.2) is 86.3 Å². The highest BCUT2D eigenvalue weighted by atomic mass is 35.5. The smallest absolute Gasteiger partial charge is 0.224 e. The number of hydrogen-bond donors (Lipinski definition) is 1. The molecular weight excluding hydrogens is 444 g/mol. The quantitative estimate of drug-likeness (QED) is 0.322. The van der Waals surface area contributed by atoms with Crippen LogP contribution in [0.1, 0.15) is 5.56 Å². The van der Waals surface area contributed by atoms with E-state index in [1.807, 2.05) is 30.9 Å². The van der Waals surface area contributed by atoms with Crippen molar-refractivity contribution >= 4 is 78.2 Å². The molecule has 4 rings (SSSR count). The minimum absolute atomic E-state index is 0.0536. The molecule has 1 aliphatic rings. The van der Waals surface area contributed by atoms with E-state index in [0.29, 0.717) is 17.8 Å². The van der Waals surface area contributed by atoms with Crippen LogP contribution in [0.5, 0.6) is 0 Å². The van der Waals surface area contributed by atoms with Gasteiger partial charge in [0.05, 0.1) is 37.1 Å². The number of pyridine rings is 2. The molecule has 0 spiro atoms. The molecule has 1 aliphatic heterocycles. The third-order valence-corrected chi connectivity index (χ3v) is 9.18. The molecule has 0 aliphatic carbocycles. The zero-order valence-electron chi connectivity index (χ0n) is 20.7. The van der Waals surface area contributed by atoms with Crippen molar-refractivity contribution in [1.29, 1.82) is 0 Å². The van der Waals surface area contributed by atoms with Gasteiger partial charge in [-0.05, 0) is 35.5 Å². The van der Waals surface area contributed by atoms with Gasteiger partial charge in [-0.1, -0.05) is 22.0 Å². The number of carbonyl (C=O) groups is 1. The Balaban J connectivity index is 1.83. The normalized spacial score (nSPS) is 23.0. The molecule has 0 aromatic carbocycles. The monoisotopic (exact) mass is 469 g/mol. The van der Waals surface area contributed by atoms with Crippen LogP contribution in [0.3, 0.4) is 0 Å². The van der Waals surface area contributed by atoms with Crippen molar-refractivity contribution in [3.63, 3.8) is 0 Å². The summed E-state index contributed by atoms with van der Waals surface area (Å²) in [5, 5.41) is 5.17. The molecule has 6 nitrogen and oxygen atoms in total. The molecule has 1 saturated heterocycles. The fraction of sp³-hybridized carbons (Fsp3) is 0.263. The van der Waals surface area contributed by atoms with Crippen molar-refractivity contribution in [2.75, 3.05) is 4.90 Å². The SMILES string of the molecule is BC1(B)N(c2cc(-c3ccncc3)n[nH]2)C(=O)[C@](B)(Cc2cnc(Cl)c(F)c2)C(B)(B)C1(B)B. The fourth-order valence-corrected chi connectivity index (χ4v) is 5.37. The van der Waals surface area contributed by atoms with Gasteiger partial charge in [-0.25, -0.2) is 9.37 Å². The minimum Gasteiger partial charge on any atom is -0.309 e. The number of piperidine rings is 1. The number of nitrogens with one attached hydrogen (secondary N) is 1. The number of aromatic amines is 1. The largest absolute Gasteiger partial charge is 0.309 e. The summed E-state index contributed by atoms with van der Waals surface area (Å²) in [5.74, 6) is -0.0185. The fourth-order valence-electron chi connectivity index (χ4n) is 5.27. The third kappa shape index (κ3) is 3.48. The van der Waals surface area contributed by atoms with E-state index in [0.717, 1.165) is 11.3 Å². The predicted octanol–water partition coefficient (Wildman–Crippen LogP) is -3.27. The predicted molar refractivity (Wildman–Crippen MR) is 153 cm³/mol. The Kier molecular flexibility index (Phi) is 5.91. The number of amides is 1. The number of anilines is 1. The highest BCUT2D eigenvalue weighted by molar-refractivity contribution is 6.67. The number of halogens is 2. The second-order valence-corrected chi connectivity index (χ2v) is 11.3. The van der Waals surface area contributed by atoms with E-state index in [2.05, 4.69) is 67.2 Å². The van der Waals surface area contributed by atoms with E-state index < -0.39 is 21.7 Å². The zero-order chi connectivity index (χ0) is 25.1. The molecule has 3 aromatic heterocycles. The lowest BCUT2D eigenvalue weighted by molar-refractivity contribution is -0.124. The van der Waals surface area contributed by atoms with Gasteiger partial charge in [-0.3, -0.25) is 14.9 Å². The summed E-state index contributed by atoms with van der Waals surface area (Å²) in [4.78, 5) is 24.3. The highest BCUT2D eigenvalue weighted by Crippen LogP contribution is 2.67. The Morgan fingerprint density at radius 2 is 1.68 bits per heavy atom. The van der Waals surface area contributed by atoms with Crippen LogP contribution in [0.4, 0.5) is 10.2 Å². The molecular formula is C19H24B7ClFN5O. The summed E-state index contributed by atoms with van der Waals surface area (Å²) in [6.45, 7) is 0. The molecule has 15 heteroatoms. The van der Waals surface area contributed by atoms with E-state index in [1.165, 1.54) is 6.07 Å². The topological polar surface area (TPSA) is 74.8 Å². The van der Waals surface area contributed by atoms with Crippen molar-refractivity contribution in [1.82, 2.24) is 20.2 Å². The second kappa shape index (κ2) is 8.11. The van der Waals surface area contributed by atoms with Crippen molar-refractivity contribution in [2.45, 2.75) is 27.5 Å². The second-order valence-electron chi connectivity index (χ2n) is 10.9. The third-order valence-electron chi connectivity index (χ3n) is 8.90. The van der Waals surface area contributed by atoms with Crippen LogP contribution in [-0.2, 0) is 11.2 Å². The Morgan fingerprint density at radius 3 is 2.29 bits per heavy atom. The van der Waals surface area contributed by atoms with Crippen molar-refractivity contribution in [3.8, 4) is 11.3 Å². The van der Waals surface area contributed by atoms with Gasteiger partial charge in [-0.2, -0.15) is 5.10 Å². The lowest BCUT2D eigenvalue weighted by atomic mass is 9.12. The van der Waals surface area contributed by atoms with Gasteiger partial charge in [0, 0.05) is 35.5 Å². The van der Waals surface area contributed by atoms with Crippen LogP contribution < -0.4 is 4.90 Å². The maximum Gasteiger partial charge on any atom is 0.224 e. The highest BCUT2D eigenvalue weighted by Gasteiger charge is 2.65. The van der Waals surface area contributed by atoms with Gasteiger partial charge < -0.3 is 4.90 Å². The summed E-state index contributed by atoms with van der Waals surface area (Å²) in [6.07, 6.45) is 5.29. The van der Waals surface area contributed by atoms with E-state index in [9.17, 15) is 9.18 Å². The summed E-state index contributed by atoms with van der Waals surface area (Å²) < 4.78 is 14.2. The molecule has 0 saturated carbocycles. The van der Waals surface area contributed by atoms with Crippen LogP contribution in [0, 0.1) is 5.82 Å². The van der Waals surface area contributed by atoms with Crippen molar-refractivity contribution in [2.24, 2.45) is 0 Å². The van der Waals surface area contributed by atoms with Gasteiger partial charge in [0.2, 0.25) is 5.91 Å². The first-order valence-electron chi connectivity index (χ1n) is 11.3. The Hall–Kier alpha value is -2.35. The van der Waals surface area contributed by atoms with Gasteiger partial charge >= 0.3 is 0 Å². The number of nitrogens with zero attached hydrogens (tertiary/aromatic N) is 4. The molecule has 166 valence electrons. The molecule has 0 bridgehead atoms. The van der Waals surface area contributed by atoms with Crippen molar-refractivity contribution < 1.29 is 9.18 Å². The number of hydrogen-bond acceptors (Lipinski definition) is 4. The van der Waals surface area contributed by atoms with Gasteiger partial charge in [-0.15, -0.1) is 0 Å². The van der Waals surface area contributed by atoms with E-state index in [1.54, 1.807) is 18.6 Å². The van der Waals surface area contributed by atoms with Crippen molar-refractivity contribution in [3.05, 3.63) is 59.4 Å². The molecule has 1 atom stereocenters. The van der Waals surface area contributed by atoms with Crippen LogP contribution in [0.15, 0.2) is 42.9 Å². The molecule has 0 radical (unpaired) electrons. The zero-order valence-corrected chi connectivity index (χ0v) is 21.5. The molecule has 1 fully saturated rings. The molecule has 4 heterocycles. The standard InChI is InChI=1S/C19H24B7ClFN5O/c20-16(7-9-5-11(28)14(27)30-8-9)15(34)33(19(25,26)18(23,24)17(16,21)22)13-6-12(31-32-13)10-1-3-29-4-2-10/h1-6,8H,7,20-26H2,(H,31,32)/t16-/m1/s1. The van der Waals surface area contributed by atoms with Gasteiger partial charge in [0.1, 0.15) is 29.4 Å². The number of carbonyl (C=O) groups excluding carboxylic acids is 1. The Morgan fingerprint density at radius 1 is 1.03 bits per heavy atom. The number of aromatic nitrogens is 4. The van der Waals surface area contributed by atoms with Gasteiger partial charge in [0.15, 0.2) is 11.0 Å². The van der Waals surface area contributed by atoms with E-state index >= 15 is 0 Å². The van der Waals surface area contributed by atoms with E-state index in [4.69, 9.17) is 11.6 Å². The first-order chi connectivity index (χ1) is 15.7. The lowest BCUT2D eigenvalue weighted by Gasteiger charge is -2.68. The maximum absolute atomic E-state index is 14.4. The average Bonchev–Trinajstić information content (AvgIpc) is 3.25. The number of rotatable bonds is 4. The minimum atomic E-state index is -0.865. The van der Waals surface area contributed by atoms with Gasteiger partial charge in [0.25, 0.3) is 0 Å². The summed E-state index contributed by atoms with van der Waals surface area (Å²) >= 11 is 5.81. The summed E-state index contributed by atoms with van der Waals surface area (Å²) in [7, 11) is 14.8. The molecule has 0 unspecified atom stereocenters. The Bertz CT molecular complexity index is 1260. The Labute approximate surface area is 210 Å².